The Bertz CT molecular complexity index is 1290. The molecule has 2 amide bonds. The van der Waals surface area contributed by atoms with Crippen LogP contribution in [0.15, 0.2) is 67.1 Å². The quantitative estimate of drug-likeness (QED) is 0.395. The largest absolute Gasteiger partial charge is 0.383 e. The van der Waals surface area contributed by atoms with E-state index in [9.17, 15) is 9.59 Å². The summed E-state index contributed by atoms with van der Waals surface area (Å²) in [5.41, 5.74) is 5.54. The van der Waals surface area contributed by atoms with Crippen molar-refractivity contribution < 1.29 is 14.3 Å². The minimum Gasteiger partial charge on any atom is -0.383 e. The number of carbonyl (C=O) groups is 2. The molecule has 8 nitrogen and oxygen atoms in total. The summed E-state index contributed by atoms with van der Waals surface area (Å²) in [5.74, 6) is -0.795. The number of carbonyl (C=O) groups excluding carboxylic acids is 2. The number of fused-ring (bicyclic) bond motifs is 1. The summed E-state index contributed by atoms with van der Waals surface area (Å²) in [6.45, 7) is 5.51. The van der Waals surface area contributed by atoms with Crippen molar-refractivity contribution in [2.24, 2.45) is 0 Å². The predicted molar refractivity (Wildman–Crippen MR) is 142 cm³/mol. The van der Waals surface area contributed by atoms with E-state index in [0.717, 1.165) is 49.5 Å². The van der Waals surface area contributed by atoms with Crippen LogP contribution < -0.4 is 15.5 Å². The second kappa shape index (κ2) is 10.4. The highest BCUT2D eigenvalue weighted by atomic mass is 16.5. The Morgan fingerprint density at radius 1 is 0.944 bits per heavy atom. The molecule has 2 aliphatic rings. The van der Waals surface area contributed by atoms with Gasteiger partial charge in [-0.25, -0.2) is 0 Å². The first-order valence-electron chi connectivity index (χ1n) is 12.2. The number of methoxy groups -OCH3 is 1. The number of amides is 2. The van der Waals surface area contributed by atoms with Gasteiger partial charge in [0.2, 0.25) is 0 Å². The molecule has 1 aromatic heterocycles. The second-order valence-corrected chi connectivity index (χ2v) is 9.21. The van der Waals surface area contributed by atoms with Gasteiger partial charge in [-0.1, -0.05) is 6.07 Å². The molecule has 5 rings (SSSR count). The van der Waals surface area contributed by atoms with Crippen LogP contribution in [0.1, 0.15) is 15.9 Å². The molecule has 3 heterocycles. The van der Waals surface area contributed by atoms with Crippen LogP contribution in [-0.4, -0.2) is 68.2 Å². The Labute approximate surface area is 211 Å². The molecule has 0 radical (unpaired) electrons. The van der Waals surface area contributed by atoms with Crippen molar-refractivity contribution in [3.8, 4) is 11.1 Å². The van der Waals surface area contributed by atoms with Crippen molar-refractivity contribution >= 4 is 28.8 Å². The monoisotopic (exact) mass is 485 g/mol. The van der Waals surface area contributed by atoms with E-state index >= 15 is 0 Å². The minimum absolute atomic E-state index is 0.382. The first-order chi connectivity index (χ1) is 17.5. The van der Waals surface area contributed by atoms with E-state index in [1.807, 2.05) is 42.7 Å². The summed E-state index contributed by atoms with van der Waals surface area (Å²) in [6, 6.07) is 15.8. The van der Waals surface area contributed by atoms with Crippen LogP contribution in [0.25, 0.3) is 16.7 Å². The van der Waals surface area contributed by atoms with Gasteiger partial charge in [0.25, 0.3) is 11.8 Å². The van der Waals surface area contributed by atoms with E-state index in [-0.39, 0.29) is 5.91 Å². The summed E-state index contributed by atoms with van der Waals surface area (Å²) in [4.78, 5) is 30.0. The molecule has 0 unspecified atom stereocenters. The molecule has 3 aromatic rings. The normalized spacial score (nSPS) is 17.3. The standard InChI is InChI=1S/C28H31N5O3/c1-31-11-13-33(14-12-31)23-6-4-22(5-7-23)29-18-26-25-17-20(3-8-24(25)27(34)30-28(26)35)21-9-10-32(19-21)15-16-36-2/h3-10,17-19,29H,11-16H2,1-2H3,(H,30,34,35)/b26-18-. The Balaban J connectivity index is 1.37. The zero-order valence-corrected chi connectivity index (χ0v) is 20.7. The lowest BCUT2D eigenvalue weighted by molar-refractivity contribution is -0.114. The van der Waals surface area contributed by atoms with E-state index in [2.05, 4.69) is 44.2 Å². The summed E-state index contributed by atoms with van der Waals surface area (Å²) in [6.07, 6.45) is 5.71. The number of aromatic nitrogens is 1. The molecule has 1 saturated heterocycles. The number of anilines is 2. The third-order valence-corrected chi connectivity index (χ3v) is 6.78. The molecule has 36 heavy (non-hydrogen) atoms. The van der Waals surface area contributed by atoms with Crippen LogP contribution in [0.4, 0.5) is 11.4 Å². The molecule has 2 aliphatic heterocycles. The molecule has 0 saturated carbocycles. The number of imide groups is 1. The molecule has 2 aromatic carbocycles. The van der Waals surface area contributed by atoms with Crippen LogP contribution in [0.5, 0.6) is 0 Å². The Morgan fingerprint density at radius 3 is 2.47 bits per heavy atom. The SMILES string of the molecule is COCCn1ccc(-c2ccc3c(c2)/C(=C/Nc2ccc(N4CCN(C)CC4)cc2)C(=O)NC3=O)c1. The van der Waals surface area contributed by atoms with Gasteiger partial charge >= 0.3 is 0 Å². The van der Waals surface area contributed by atoms with E-state index in [0.29, 0.717) is 23.3 Å². The van der Waals surface area contributed by atoms with Gasteiger partial charge in [-0.3, -0.25) is 14.9 Å². The van der Waals surface area contributed by atoms with Crippen molar-refractivity contribution in [2.75, 3.05) is 57.2 Å². The Morgan fingerprint density at radius 2 is 1.72 bits per heavy atom. The summed E-state index contributed by atoms with van der Waals surface area (Å²) >= 11 is 0. The van der Waals surface area contributed by atoms with Gasteiger partial charge in [-0.2, -0.15) is 0 Å². The Hall–Kier alpha value is -3.88. The fraction of sp³-hybridized carbons (Fsp3) is 0.286. The lowest BCUT2D eigenvalue weighted by atomic mass is 9.92. The van der Waals surface area contributed by atoms with Gasteiger partial charge < -0.3 is 24.4 Å². The lowest BCUT2D eigenvalue weighted by Gasteiger charge is -2.34. The average Bonchev–Trinajstić information content (AvgIpc) is 3.37. The third-order valence-electron chi connectivity index (χ3n) is 6.78. The maximum atomic E-state index is 12.8. The van der Waals surface area contributed by atoms with Gasteiger partial charge in [-0.15, -0.1) is 0 Å². The van der Waals surface area contributed by atoms with Gasteiger partial charge in [0.05, 0.1) is 12.2 Å². The number of rotatable bonds is 7. The highest BCUT2D eigenvalue weighted by Crippen LogP contribution is 2.30. The number of likely N-dealkylation sites (N-methyl/N-ethyl adjacent to an activating group) is 1. The molecule has 0 bridgehead atoms. The van der Waals surface area contributed by atoms with Crippen molar-refractivity contribution in [1.29, 1.82) is 0 Å². The molecular weight excluding hydrogens is 454 g/mol. The van der Waals surface area contributed by atoms with Gasteiger partial charge in [-0.05, 0) is 60.6 Å². The second-order valence-electron chi connectivity index (χ2n) is 9.21. The van der Waals surface area contributed by atoms with Gasteiger partial charge in [0.15, 0.2) is 0 Å². The molecular formula is C28H31N5O3. The highest BCUT2D eigenvalue weighted by Gasteiger charge is 2.27. The number of ether oxygens (including phenoxy) is 1. The molecule has 2 N–H and O–H groups in total. The van der Waals surface area contributed by atoms with Crippen molar-refractivity contribution in [3.05, 3.63) is 78.3 Å². The number of nitrogens with zero attached hydrogens (tertiary/aromatic N) is 3. The van der Waals surface area contributed by atoms with E-state index < -0.39 is 5.91 Å². The van der Waals surface area contributed by atoms with Crippen molar-refractivity contribution in [1.82, 2.24) is 14.8 Å². The first kappa shape index (κ1) is 23.8. The van der Waals surface area contributed by atoms with Crippen LogP contribution in [0.2, 0.25) is 0 Å². The van der Waals surface area contributed by atoms with Gasteiger partial charge in [0.1, 0.15) is 0 Å². The van der Waals surface area contributed by atoms with Gasteiger partial charge in [0, 0.05) is 80.9 Å². The van der Waals surface area contributed by atoms with Crippen molar-refractivity contribution in [2.45, 2.75) is 6.54 Å². The van der Waals surface area contributed by atoms with E-state index in [1.54, 1.807) is 19.4 Å². The molecule has 0 spiro atoms. The number of nitrogens with one attached hydrogen (secondary N) is 2. The van der Waals surface area contributed by atoms with E-state index in [4.69, 9.17) is 4.74 Å². The molecule has 0 atom stereocenters. The van der Waals surface area contributed by atoms with Crippen molar-refractivity contribution in [3.63, 3.8) is 0 Å². The highest BCUT2D eigenvalue weighted by molar-refractivity contribution is 6.31. The number of hydrogen-bond donors (Lipinski definition) is 2. The zero-order valence-electron chi connectivity index (χ0n) is 20.7. The van der Waals surface area contributed by atoms with Crippen LogP contribution in [-0.2, 0) is 16.1 Å². The molecule has 1 fully saturated rings. The number of benzene rings is 2. The minimum atomic E-state index is -0.413. The lowest BCUT2D eigenvalue weighted by Crippen LogP contribution is -2.44. The topological polar surface area (TPSA) is 78.8 Å². The van der Waals surface area contributed by atoms with Crippen LogP contribution in [0.3, 0.4) is 0 Å². The maximum absolute atomic E-state index is 12.8. The fourth-order valence-electron chi connectivity index (χ4n) is 4.58. The summed E-state index contributed by atoms with van der Waals surface area (Å²) in [7, 11) is 3.83. The van der Waals surface area contributed by atoms with Crippen LogP contribution >= 0.6 is 0 Å². The smallest absolute Gasteiger partial charge is 0.260 e. The van der Waals surface area contributed by atoms with E-state index in [1.165, 1.54) is 5.69 Å². The summed E-state index contributed by atoms with van der Waals surface area (Å²) < 4.78 is 7.21. The zero-order chi connectivity index (χ0) is 25.1. The average molecular weight is 486 g/mol. The number of piperazine rings is 1. The third kappa shape index (κ3) is 5.05. The molecule has 0 aliphatic carbocycles. The Kier molecular flexibility index (Phi) is 6.88. The molecule has 186 valence electrons. The summed E-state index contributed by atoms with van der Waals surface area (Å²) in [5, 5.41) is 5.69. The van der Waals surface area contributed by atoms with Crippen LogP contribution in [0, 0.1) is 0 Å². The number of hydrogen-bond acceptors (Lipinski definition) is 6. The predicted octanol–water partition coefficient (Wildman–Crippen LogP) is 3.28. The maximum Gasteiger partial charge on any atom is 0.260 e. The first-order valence-corrected chi connectivity index (χ1v) is 12.2. The molecule has 8 heteroatoms. The fourth-order valence-corrected chi connectivity index (χ4v) is 4.58.